The number of benzene rings is 2. The molecule has 1 N–H and O–H groups in total. The molecule has 0 fully saturated rings. The maximum Gasteiger partial charge on any atom is 0.322 e. The number of aryl methyl sites for hydroxylation is 2. The number of amides is 2. The van der Waals surface area contributed by atoms with Gasteiger partial charge in [0.05, 0.1) is 12.4 Å². The van der Waals surface area contributed by atoms with Crippen molar-refractivity contribution in [2.75, 3.05) is 31.3 Å². The summed E-state index contributed by atoms with van der Waals surface area (Å²) < 4.78 is 33.6. The second-order valence-corrected chi connectivity index (χ2v) is 8.60. The van der Waals surface area contributed by atoms with Crippen molar-refractivity contribution in [2.24, 2.45) is 0 Å². The summed E-state index contributed by atoms with van der Waals surface area (Å²) in [5.74, 6) is 0.112. The largest absolute Gasteiger partial charge is 0.383 e. The number of carbonyl (C=O) groups is 1. The fourth-order valence-corrected chi connectivity index (χ4v) is 3.24. The van der Waals surface area contributed by atoms with E-state index in [0.29, 0.717) is 13.2 Å². The van der Waals surface area contributed by atoms with E-state index in [1.165, 1.54) is 6.92 Å². The third-order valence-corrected chi connectivity index (χ3v) is 5.48. The van der Waals surface area contributed by atoms with Crippen LogP contribution in [0.25, 0.3) is 0 Å². The molecule has 0 bridgehead atoms. The third kappa shape index (κ3) is 7.07. The highest BCUT2D eigenvalue weighted by atomic mass is 32.2. The number of carbonyl (C=O) groups excluding carboxylic acids is 1. The Kier molecular flexibility index (Phi) is 8.04. The summed E-state index contributed by atoms with van der Waals surface area (Å²) in [6.45, 7) is 6.49. The maximum atomic E-state index is 12.9. The Hall–Kier alpha value is -2.58. The van der Waals surface area contributed by atoms with Gasteiger partial charge in [-0.2, -0.15) is 8.42 Å². The van der Waals surface area contributed by atoms with Crippen molar-refractivity contribution in [3.8, 4) is 5.75 Å². The molecule has 2 aromatic rings. The number of ether oxygens (including phenoxy) is 1. The Morgan fingerprint density at radius 2 is 1.90 bits per heavy atom. The van der Waals surface area contributed by atoms with Crippen LogP contribution in [-0.4, -0.2) is 45.4 Å². The van der Waals surface area contributed by atoms with Gasteiger partial charge in [0.1, 0.15) is 5.75 Å². The van der Waals surface area contributed by atoms with E-state index in [1.54, 1.807) is 30.2 Å². The van der Waals surface area contributed by atoms with Gasteiger partial charge in [0.25, 0.3) is 0 Å². The molecule has 0 spiro atoms. The van der Waals surface area contributed by atoms with Gasteiger partial charge in [-0.25, -0.2) is 4.79 Å². The number of hydrogen-bond acceptors (Lipinski definition) is 5. The fourth-order valence-electron chi connectivity index (χ4n) is 2.72. The minimum atomic E-state index is -3.61. The van der Waals surface area contributed by atoms with Crippen molar-refractivity contribution in [3.63, 3.8) is 0 Å². The Morgan fingerprint density at radius 1 is 1.14 bits per heavy atom. The zero-order valence-electron chi connectivity index (χ0n) is 17.3. The predicted molar refractivity (Wildman–Crippen MR) is 114 cm³/mol. The van der Waals surface area contributed by atoms with Crippen LogP contribution < -0.4 is 9.50 Å². The van der Waals surface area contributed by atoms with Gasteiger partial charge in [-0.1, -0.05) is 29.8 Å². The number of nitrogens with one attached hydrogen (secondary N) is 1. The van der Waals surface area contributed by atoms with Gasteiger partial charge in [-0.3, -0.25) is 0 Å². The van der Waals surface area contributed by atoms with Crippen molar-refractivity contribution < 1.29 is 22.1 Å². The second-order valence-electron chi connectivity index (χ2n) is 6.74. The summed E-state index contributed by atoms with van der Waals surface area (Å²) in [7, 11) is -2.04. The van der Waals surface area contributed by atoms with E-state index >= 15 is 0 Å². The molecular weight excluding hydrogens is 392 g/mol. The molecule has 0 aliphatic carbocycles. The van der Waals surface area contributed by atoms with Crippen LogP contribution in [0.1, 0.15) is 23.6 Å². The third-order valence-electron chi connectivity index (χ3n) is 4.32. The van der Waals surface area contributed by atoms with Gasteiger partial charge in [0, 0.05) is 25.9 Å². The van der Waals surface area contributed by atoms with E-state index in [0.717, 1.165) is 22.4 Å². The van der Waals surface area contributed by atoms with Gasteiger partial charge >= 0.3 is 16.1 Å². The average molecular weight is 421 g/mol. The summed E-state index contributed by atoms with van der Waals surface area (Å²) >= 11 is 0. The first kappa shape index (κ1) is 22.7. The zero-order valence-corrected chi connectivity index (χ0v) is 18.1. The number of rotatable bonds is 9. The van der Waals surface area contributed by atoms with Gasteiger partial charge in [0.2, 0.25) is 0 Å². The van der Waals surface area contributed by atoms with Gasteiger partial charge in [-0.15, -0.1) is 0 Å². The molecule has 0 aliphatic heterocycles. The molecule has 2 aromatic carbocycles. The van der Waals surface area contributed by atoms with Crippen LogP contribution in [0.3, 0.4) is 0 Å². The summed E-state index contributed by atoms with van der Waals surface area (Å²) in [5.41, 5.74) is 3.59. The number of nitrogens with zero attached hydrogens (tertiary/aromatic N) is 1. The molecule has 0 aromatic heterocycles. The topological polar surface area (TPSA) is 84.9 Å². The van der Waals surface area contributed by atoms with E-state index in [-0.39, 0.29) is 24.1 Å². The summed E-state index contributed by atoms with van der Waals surface area (Å²) in [6.07, 6.45) is 0. The van der Waals surface area contributed by atoms with E-state index < -0.39 is 10.1 Å². The number of urea groups is 1. The maximum absolute atomic E-state index is 12.9. The monoisotopic (exact) mass is 420 g/mol. The van der Waals surface area contributed by atoms with Crippen LogP contribution in [0.15, 0.2) is 42.5 Å². The molecule has 0 saturated heterocycles. The average Bonchev–Trinajstić information content (AvgIpc) is 2.67. The Labute approximate surface area is 172 Å². The minimum Gasteiger partial charge on any atom is -0.383 e. The zero-order chi connectivity index (χ0) is 21.4. The summed E-state index contributed by atoms with van der Waals surface area (Å²) in [6, 6.07) is 12.3. The molecule has 8 heteroatoms. The number of anilines is 1. The lowest BCUT2D eigenvalue weighted by Crippen LogP contribution is -2.37. The van der Waals surface area contributed by atoms with Crippen molar-refractivity contribution >= 4 is 21.8 Å². The lowest BCUT2D eigenvalue weighted by atomic mass is 10.1. The molecule has 7 nitrogen and oxygen atoms in total. The van der Waals surface area contributed by atoms with Crippen LogP contribution in [0.4, 0.5) is 10.5 Å². The first-order valence-electron chi connectivity index (χ1n) is 9.37. The van der Waals surface area contributed by atoms with E-state index in [1.807, 2.05) is 38.1 Å². The van der Waals surface area contributed by atoms with E-state index in [9.17, 15) is 13.2 Å². The van der Waals surface area contributed by atoms with Crippen molar-refractivity contribution in [3.05, 3.63) is 59.2 Å². The van der Waals surface area contributed by atoms with E-state index in [4.69, 9.17) is 8.92 Å². The first-order chi connectivity index (χ1) is 13.7. The molecule has 0 radical (unpaired) electrons. The Morgan fingerprint density at radius 3 is 2.55 bits per heavy atom. The van der Waals surface area contributed by atoms with Crippen LogP contribution in [-0.2, 0) is 21.4 Å². The predicted octanol–water partition coefficient (Wildman–Crippen LogP) is 3.71. The van der Waals surface area contributed by atoms with Gasteiger partial charge in [0.15, 0.2) is 0 Å². The van der Waals surface area contributed by atoms with Gasteiger partial charge in [-0.05, 0) is 50.1 Å². The highest BCUT2D eigenvalue weighted by Crippen LogP contribution is 2.19. The smallest absolute Gasteiger partial charge is 0.322 e. The molecule has 2 rings (SSSR count). The number of methoxy groups -OCH3 is 1. The quantitative estimate of drug-likeness (QED) is 0.625. The summed E-state index contributed by atoms with van der Waals surface area (Å²) in [4.78, 5) is 14.5. The minimum absolute atomic E-state index is 0.116. The van der Waals surface area contributed by atoms with Crippen LogP contribution in [0.5, 0.6) is 5.75 Å². The molecule has 2 amide bonds. The molecule has 0 heterocycles. The highest BCUT2D eigenvalue weighted by molar-refractivity contribution is 7.87. The Balaban J connectivity index is 2.16. The van der Waals surface area contributed by atoms with Crippen LogP contribution >= 0.6 is 0 Å². The molecule has 0 unspecified atom stereocenters. The lowest BCUT2D eigenvalue weighted by Gasteiger charge is -2.24. The lowest BCUT2D eigenvalue weighted by molar-refractivity contribution is 0.153. The standard InChI is InChI=1S/C21H28N2O5S/c1-5-29(25,26)28-19-8-6-7-18(14-19)15-23(11-12-27-4)21(24)22-20-10-9-16(2)13-17(20)3/h6-10,13-14H,5,11-12,15H2,1-4H3,(H,22,24). The number of hydrogen-bond donors (Lipinski definition) is 1. The second kappa shape index (κ2) is 10.3. The molecular formula is C21H28N2O5S. The van der Waals surface area contributed by atoms with Crippen molar-refractivity contribution in [1.29, 1.82) is 0 Å². The molecule has 29 heavy (non-hydrogen) atoms. The molecule has 0 aliphatic rings. The molecule has 0 atom stereocenters. The first-order valence-corrected chi connectivity index (χ1v) is 10.9. The SMILES string of the molecule is CCS(=O)(=O)Oc1cccc(CN(CCOC)C(=O)Nc2ccc(C)cc2C)c1. The molecule has 158 valence electrons. The molecule has 0 saturated carbocycles. The summed E-state index contributed by atoms with van der Waals surface area (Å²) in [5, 5.41) is 2.93. The fraction of sp³-hybridized carbons (Fsp3) is 0.381. The van der Waals surface area contributed by atoms with Crippen molar-refractivity contribution in [2.45, 2.75) is 27.3 Å². The normalized spacial score (nSPS) is 11.2. The highest BCUT2D eigenvalue weighted by Gasteiger charge is 2.16. The Bertz CT molecular complexity index is 944. The van der Waals surface area contributed by atoms with Gasteiger partial charge < -0.3 is 19.1 Å². The van der Waals surface area contributed by atoms with E-state index in [2.05, 4.69) is 5.32 Å². The van der Waals surface area contributed by atoms with Crippen LogP contribution in [0.2, 0.25) is 0 Å². The van der Waals surface area contributed by atoms with Crippen LogP contribution in [0, 0.1) is 13.8 Å². The van der Waals surface area contributed by atoms with Crippen molar-refractivity contribution in [1.82, 2.24) is 4.90 Å².